The summed E-state index contributed by atoms with van der Waals surface area (Å²) in [5, 5.41) is 8.40. The van der Waals surface area contributed by atoms with Crippen molar-refractivity contribution in [2.75, 3.05) is 24.9 Å². The Morgan fingerprint density at radius 1 is 1.15 bits per heavy atom. The molecule has 1 aromatic heterocycles. The highest BCUT2D eigenvalue weighted by Crippen LogP contribution is 2.27. The molecule has 2 aromatic carbocycles. The third-order valence-electron chi connectivity index (χ3n) is 4.12. The standard InChI is InChI=1S/C19H21N5O2S/c1-13(18(25)23(2)15-7-5-4-6-8-15)27-19-22-21-17(24(19)20)14-9-11-16(26-3)12-10-14/h4-13H,20H2,1-3H3/t13-/m0/s1. The highest BCUT2D eigenvalue weighted by atomic mass is 32.2. The molecule has 1 atom stereocenters. The predicted octanol–water partition coefficient (Wildman–Crippen LogP) is 2.81. The van der Waals surface area contributed by atoms with Crippen molar-refractivity contribution >= 4 is 23.4 Å². The van der Waals surface area contributed by atoms with Gasteiger partial charge >= 0.3 is 0 Å². The molecule has 0 aliphatic rings. The molecule has 0 aliphatic heterocycles. The largest absolute Gasteiger partial charge is 0.497 e. The maximum Gasteiger partial charge on any atom is 0.240 e. The number of methoxy groups -OCH3 is 1. The molecule has 140 valence electrons. The number of hydrogen-bond donors (Lipinski definition) is 1. The van der Waals surface area contributed by atoms with Crippen LogP contribution >= 0.6 is 11.8 Å². The van der Waals surface area contributed by atoms with E-state index >= 15 is 0 Å². The van der Waals surface area contributed by atoms with Crippen molar-refractivity contribution in [3.05, 3.63) is 54.6 Å². The van der Waals surface area contributed by atoms with Gasteiger partial charge < -0.3 is 15.5 Å². The molecule has 0 radical (unpaired) electrons. The van der Waals surface area contributed by atoms with Crippen molar-refractivity contribution in [2.24, 2.45) is 0 Å². The number of nitrogens with two attached hydrogens (primary N) is 1. The van der Waals surface area contributed by atoms with Gasteiger partial charge in [-0.15, -0.1) is 10.2 Å². The lowest BCUT2D eigenvalue weighted by Crippen LogP contribution is -2.33. The van der Waals surface area contributed by atoms with Crippen LogP contribution < -0.4 is 15.5 Å². The van der Waals surface area contributed by atoms with Gasteiger partial charge in [0.05, 0.1) is 12.4 Å². The second-order valence-corrected chi connectivity index (χ2v) is 7.21. The molecule has 0 unspecified atom stereocenters. The topological polar surface area (TPSA) is 86.3 Å². The molecule has 3 aromatic rings. The lowest BCUT2D eigenvalue weighted by atomic mass is 10.2. The number of ether oxygens (including phenoxy) is 1. The van der Waals surface area contributed by atoms with Crippen LogP contribution in [-0.2, 0) is 4.79 Å². The maximum atomic E-state index is 12.7. The molecule has 0 bridgehead atoms. The Balaban J connectivity index is 1.74. The summed E-state index contributed by atoms with van der Waals surface area (Å²) in [4.78, 5) is 14.3. The van der Waals surface area contributed by atoms with Crippen molar-refractivity contribution in [1.82, 2.24) is 14.9 Å². The number of nitrogens with zero attached hydrogens (tertiary/aromatic N) is 4. The van der Waals surface area contributed by atoms with E-state index in [0.29, 0.717) is 11.0 Å². The van der Waals surface area contributed by atoms with Gasteiger partial charge in [-0.25, -0.2) is 4.68 Å². The number of aromatic nitrogens is 3. The summed E-state index contributed by atoms with van der Waals surface area (Å²) in [5.74, 6) is 7.39. The molecule has 2 N–H and O–H groups in total. The summed E-state index contributed by atoms with van der Waals surface area (Å²) in [6.45, 7) is 1.83. The van der Waals surface area contributed by atoms with Gasteiger partial charge in [0.2, 0.25) is 11.1 Å². The number of anilines is 1. The number of carbonyl (C=O) groups is 1. The van der Waals surface area contributed by atoms with E-state index < -0.39 is 0 Å². The quantitative estimate of drug-likeness (QED) is 0.520. The Labute approximate surface area is 162 Å². The molecule has 8 heteroatoms. The molecule has 7 nitrogen and oxygen atoms in total. The number of hydrogen-bond acceptors (Lipinski definition) is 6. The SMILES string of the molecule is COc1ccc(-c2nnc(S[C@@H](C)C(=O)N(C)c3ccccc3)n2N)cc1. The minimum Gasteiger partial charge on any atom is -0.497 e. The second-order valence-electron chi connectivity index (χ2n) is 5.90. The van der Waals surface area contributed by atoms with Crippen LogP contribution in [0.3, 0.4) is 0 Å². The van der Waals surface area contributed by atoms with Crippen molar-refractivity contribution in [1.29, 1.82) is 0 Å². The Hall–Kier alpha value is -3.00. The number of thioether (sulfide) groups is 1. The first-order valence-corrected chi connectivity index (χ1v) is 9.23. The molecule has 0 aliphatic carbocycles. The zero-order chi connectivity index (χ0) is 19.4. The number of para-hydroxylation sites is 1. The number of benzene rings is 2. The Bertz CT molecular complexity index is 912. The van der Waals surface area contributed by atoms with Gasteiger partial charge in [0, 0.05) is 18.3 Å². The monoisotopic (exact) mass is 383 g/mol. The molecule has 0 saturated carbocycles. The normalized spacial score (nSPS) is 11.8. The third-order valence-corrected chi connectivity index (χ3v) is 5.16. The highest BCUT2D eigenvalue weighted by molar-refractivity contribution is 8.00. The number of amides is 1. The van der Waals surface area contributed by atoms with Gasteiger partial charge in [-0.3, -0.25) is 4.79 Å². The number of nitrogen functional groups attached to an aromatic ring is 1. The van der Waals surface area contributed by atoms with Crippen LogP contribution in [0.2, 0.25) is 0 Å². The lowest BCUT2D eigenvalue weighted by molar-refractivity contribution is -0.117. The van der Waals surface area contributed by atoms with Gasteiger partial charge in [-0.1, -0.05) is 30.0 Å². The average Bonchev–Trinajstić information content (AvgIpc) is 3.07. The average molecular weight is 383 g/mol. The summed E-state index contributed by atoms with van der Waals surface area (Å²) in [6, 6.07) is 16.9. The third kappa shape index (κ3) is 4.06. The van der Waals surface area contributed by atoms with Crippen molar-refractivity contribution < 1.29 is 9.53 Å². The molecule has 0 spiro atoms. The van der Waals surface area contributed by atoms with E-state index in [1.165, 1.54) is 16.4 Å². The van der Waals surface area contributed by atoms with Gasteiger partial charge in [-0.2, -0.15) is 0 Å². The molecular formula is C19H21N5O2S. The van der Waals surface area contributed by atoms with Crippen molar-refractivity contribution in [3.63, 3.8) is 0 Å². The first-order valence-electron chi connectivity index (χ1n) is 8.35. The van der Waals surface area contributed by atoms with E-state index in [0.717, 1.165) is 17.0 Å². The van der Waals surface area contributed by atoms with E-state index in [9.17, 15) is 4.79 Å². The van der Waals surface area contributed by atoms with E-state index in [1.807, 2.05) is 61.5 Å². The fourth-order valence-corrected chi connectivity index (χ4v) is 3.42. The van der Waals surface area contributed by atoms with Crippen molar-refractivity contribution in [3.8, 4) is 17.1 Å². The molecular weight excluding hydrogens is 362 g/mol. The fraction of sp³-hybridized carbons (Fsp3) is 0.211. The van der Waals surface area contributed by atoms with Gasteiger partial charge in [0.25, 0.3) is 0 Å². The van der Waals surface area contributed by atoms with Crippen LogP contribution in [0.25, 0.3) is 11.4 Å². The Morgan fingerprint density at radius 2 is 1.81 bits per heavy atom. The first-order chi connectivity index (χ1) is 13.0. The summed E-state index contributed by atoms with van der Waals surface area (Å²) >= 11 is 1.27. The second kappa shape index (κ2) is 8.13. The minimum absolute atomic E-state index is 0.0415. The van der Waals surface area contributed by atoms with Gasteiger partial charge in [-0.05, 0) is 43.3 Å². The van der Waals surface area contributed by atoms with Crippen LogP contribution in [-0.4, -0.2) is 40.2 Å². The smallest absolute Gasteiger partial charge is 0.240 e. The van der Waals surface area contributed by atoms with Gasteiger partial charge in [0.15, 0.2) is 5.82 Å². The van der Waals surface area contributed by atoms with Crippen LogP contribution in [0.4, 0.5) is 5.69 Å². The van der Waals surface area contributed by atoms with Crippen molar-refractivity contribution in [2.45, 2.75) is 17.3 Å². The molecule has 27 heavy (non-hydrogen) atoms. The van der Waals surface area contributed by atoms with E-state index in [1.54, 1.807) is 19.1 Å². The predicted molar refractivity (Wildman–Crippen MR) is 107 cm³/mol. The number of rotatable bonds is 6. The molecule has 3 rings (SSSR count). The first kappa shape index (κ1) is 18.8. The van der Waals surface area contributed by atoms with Gasteiger partial charge in [0.1, 0.15) is 5.75 Å². The van der Waals surface area contributed by atoms with Crippen LogP contribution in [0.15, 0.2) is 59.8 Å². The zero-order valence-electron chi connectivity index (χ0n) is 15.4. The van der Waals surface area contributed by atoms with Crippen LogP contribution in [0.5, 0.6) is 5.75 Å². The Kier molecular flexibility index (Phi) is 5.66. The summed E-state index contributed by atoms with van der Waals surface area (Å²) in [7, 11) is 3.37. The molecule has 1 heterocycles. The van der Waals surface area contributed by atoms with Crippen LogP contribution in [0.1, 0.15) is 6.92 Å². The Morgan fingerprint density at radius 3 is 2.44 bits per heavy atom. The van der Waals surface area contributed by atoms with Crippen LogP contribution in [0, 0.1) is 0 Å². The zero-order valence-corrected chi connectivity index (χ0v) is 16.2. The highest BCUT2D eigenvalue weighted by Gasteiger charge is 2.23. The number of carbonyl (C=O) groups excluding carboxylic acids is 1. The maximum absolute atomic E-state index is 12.7. The molecule has 1 amide bonds. The van der Waals surface area contributed by atoms with E-state index in [-0.39, 0.29) is 11.2 Å². The fourth-order valence-electron chi connectivity index (χ4n) is 2.55. The summed E-state index contributed by atoms with van der Waals surface area (Å²) < 4.78 is 6.56. The lowest BCUT2D eigenvalue weighted by Gasteiger charge is -2.20. The van der Waals surface area contributed by atoms with E-state index in [2.05, 4.69) is 10.2 Å². The minimum atomic E-state index is -0.370. The summed E-state index contributed by atoms with van der Waals surface area (Å²) in [5.41, 5.74) is 1.65. The molecule has 0 saturated heterocycles. The summed E-state index contributed by atoms with van der Waals surface area (Å²) in [6.07, 6.45) is 0. The molecule has 0 fully saturated rings. The van der Waals surface area contributed by atoms with E-state index in [4.69, 9.17) is 10.6 Å².